The van der Waals surface area contributed by atoms with Crippen LogP contribution in [0.1, 0.15) is 5.76 Å². The van der Waals surface area contributed by atoms with Crippen molar-refractivity contribution < 1.29 is 12.8 Å². The molecule has 0 bridgehead atoms. The second-order valence-electron chi connectivity index (χ2n) is 4.32. The molecule has 0 saturated carbocycles. The van der Waals surface area contributed by atoms with Gasteiger partial charge >= 0.3 is 5.69 Å². The quantitative estimate of drug-likeness (QED) is 0.676. The van der Waals surface area contributed by atoms with E-state index in [1.165, 1.54) is 24.3 Å². The number of rotatable bonds is 4. The van der Waals surface area contributed by atoms with Gasteiger partial charge in [-0.2, -0.15) is 0 Å². The maximum absolute atomic E-state index is 12.2. The van der Waals surface area contributed by atoms with E-state index >= 15 is 0 Å². The topological polar surface area (TPSA) is 108 Å². The van der Waals surface area contributed by atoms with Gasteiger partial charge in [-0.25, -0.2) is 17.9 Å². The Morgan fingerprint density at radius 3 is 2.62 bits per heavy atom. The van der Waals surface area contributed by atoms with Crippen molar-refractivity contribution in [2.45, 2.75) is 11.4 Å². The molecule has 0 spiro atoms. The number of nitrogens with one attached hydrogen (secondary N) is 3. The summed E-state index contributed by atoms with van der Waals surface area (Å²) in [6.07, 6.45) is 0. The van der Waals surface area contributed by atoms with Gasteiger partial charge in [-0.15, -0.1) is 0 Å². The molecule has 3 rings (SSSR count). The Kier molecular flexibility index (Phi) is 3.36. The van der Waals surface area contributed by atoms with E-state index in [1.54, 1.807) is 6.07 Å². The molecule has 1 aromatic carbocycles. The molecule has 3 aromatic rings. The van der Waals surface area contributed by atoms with Crippen LogP contribution < -0.4 is 10.4 Å². The molecule has 0 aliphatic heterocycles. The van der Waals surface area contributed by atoms with Gasteiger partial charge in [0, 0.05) is 0 Å². The third-order valence-electron chi connectivity index (χ3n) is 2.86. The highest BCUT2D eigenvalue weighted by Gasteiger charge is 2.15. The molecule has 9 heteroatoms. The summed E-state index contributed by atoms with van der Waals surface area (Å²) >= 11 is 5.61. The van der Waals surface area contributed by atoms with Crippen LogP contribution in [0.4, 0.5) is 0 Å². The first-order valence-electron chi connectivity index (χ1n) is 5.90. The molecule has 0 radical (unpaired) electrons. The van der Waals surface area contributed by atoms with Gasteiger partial charge in [-0.05, 0) is 41.9 Å². The number of aromatic nitrogens is 2. The van der Waals surface area contributed by atoms with Crippen LogP contribution in [0.2, 0.25) is 5.22 Å². The van der Waals surface area contributed by atoms with Crippen LogP contribution in [0.3, 0.4) is 0 Å². The van der Waals surface area contributed by atoms with Gasteiger partial charge in [0.05, 0.1) is 22.5 Å². The van der Waals surface area contributed by atoms with Crippen LogP contribution in [0, 0.1) is 0 Å². The fraction of sp³-hybridized carbons (Fsp3) is 0.0833. The summed E-state index contributed by atoms with van der Waals surface area (Å²) in [6, 6.07) is 7.42. The minimum Gasteiger partial charge on any atom is -0.448 e. The predicted octanol–water partition coefficient (Wildman–Crippen LogP) is 1.58. The molecular formula is C12H10ClN3O4S. The number of halogens is 1. The molecule has 0 amide bonds. The summed E-state index contributed by atoms with van der Waals surface area (Å²) in [6.45, 7) is -0.0171. The number of hydrogen-bond donors (Lipinski definition) is 3. The predicted molar refractivity (Wildman–Crippen MR) is 76.7 cm³/mol. The van der Waals surface area contributed by atoms with E-state index < -0.39 is 15.7 Å². The fourth-order valence-corrected chi connectivity index (χ4v) is 3.06. The standard InChI is InChI=1S/C12H10ClN3O4S/c13-11-4-1-7(20-11)6-14-21(18,19)8-2-3-9-10(5-8)16-12(17)15-9/h1-5,14H,6H2,(H2,15,16,17). The molecule has 7 nitrogen and oxygen atoms in total. The Morgan fingerprint density at radius 2 is 1.90 bits per heavy atom. The Balaban J connectivity index is 1.86. The lowest BCUT2D eigenvalue weighted by Crippen LogP contribution is -2.22. The van der Waals surface area contributed by atoms with E-state index in [2.05, 4.69) is 14.7 Å². The van der Waals surface area contributed by atoms with E-state index in [0.717, 1.165) is 0 Å². The molecule has 2 heterocycles. The van der Waals surface area contributed by atoms with Crippen LogP contribution in [-0.2, 0) is 16.6 Å². The molecule has 0 aliphatic carbocycles. The SMILES string of the molecule is O=c1[nH]c2ccc(S(=O)(=O)NCc3ccc(Cl)o3)cc2[nH]1. The van der Waals surface area contributed by atoms with Crippen LogP contribution in [-0.4, -0.2) is 18.4 Å². The molecule has 0 unspecified atom stereocenters. The van der Waals surface area contributed by atoms with Crippen molar-refractivity contribution in [3.63, 3.8) is 0 Å². The summed E-state index contributed by atoms with van der Waals surface area (Å²) in [4.78, 5) is 16.3. The molecule has 0 fully saturated rings. The highest BCUT2D eigenvalue weighted by molar-refractivity contribution is 7.89. The summed E-state index contributed by atoms with van der Waals surface area (Å²) in [5.41, 5.74) is 0.568. The van der Waals surface area contributed by atoms with Crippen molar-refractivity contribution in [1.82, 2.24) is 14.7 Å². The van der Waals surface area contributed by atoms with E-state index in [1.807, 2.05) is 0 Å². The third kappa shape index (κ3) is 2.87. The molecular weight excluding hydrogens is 318 g/mol. The van der Waals surface area contributed by atoms with Crippen LogP contribution in [0.5, 0.6) is 0 Å². The second-order valence-corrected chi connectivity index (χ2v) is 6.46. The first-order valence-corrected chi connectivity index (χ1v) is 7.76. The fourth-order valence-electron chi connectivity index (χ4n) is 1.88. The molecule has 2 aromatic heterocycles. The number of benzene rings is 1. The van der Waals surface area contributed by atoms with Gasteiger partial charge in [-0.3, -0.25) is 0 Å². The average Bonchev–Trinajstić information content (AvgIpc) is 3.00. The first kappa shape index (κ1) is 13.9. The largest absolute Gasteiger partial charge is 0.448 e. The van der Waals surface area contributed by atoms with Crippen molar-refractivity contribution in [1.29, 1.82) is 0 Å². The number of sulfonamides is 1. The number of hydrogen-bond acceptors (Lipinski definition) is 4. The number of imidazole rings is 1. The summed E-state index contributed by atoms with van der Waals surface area (Å²) in [5, 5.41) is 0.190. The first-order chi connectivity index (χ1) is 9.94. The number of H-pyrrole nitrogens is 2. The lowest BCUT2D eigenvalue weighted by molar-refractivity contribution is 0.500. The van der Waals surface area contributed by atoms with Crippen LogP contribution in [0.15, 0.2) is 44.4 Å². The monoisotopic (exact) mass is 327 g/mol. The van der Waals surface area contributed by atoms with Gasteiger partial charge in [0.15, 0.2) is 5.22 Å². The summed E-state index contributed by atoms with van der Waals surface area (Å²) < 4.78 is 31.8. The molecule has 21 heavy (non-hydrogen) atoms. The van der Waals surface area contributed by atoms with Crippen molar-refractivity contribution in [2.24, 2.45) is 0 Å². The van der Waals surface area contributed by atoms with Crippen molar-refractivity contribution in [3.8, 4) is 0 Å². The Bertz CT molecular complexity index is 954. The average molecular weight is 328 g/mol. The van der Waals surface area contributed by atoms with E-state index in [9.17, 15) is 13.2 Å². The van der Waals surface area contributed by atoms with Gasteiger partial charge in [0.25, 0.3) is 0 Å². The zero-order valence-corrected chi connectivity index (χ0v) is 12.1. The lowest BCUT2D eigenvalue weighted by atomic mass is 10.3. The maximum Gasteiger partial charge on any atom is 0.323 e. The summed E-state index contributed by atoms with van der Waals surface area (Å²) in [5.74, 6) is 0.403. The molecule has 0 aliphatic rings. The zero-order chi connectivity index (χ0) is 15.0. The van der Waals surface area contributed by atoms with Gasteiger partial charge < -0.3 is 14.4 Å². The number of fused-ring (bicyclic) bond motifs is 1. The third-order valence-corrected chi connectivity index (χ3v) is 4.47. The lowest BCUT2D eigenvalue weighted by Gasteiger charge is -2.05. The minimum atomic E-state index is -3.72. The van der Waals surface area contributed by atoms with Gasteiger partial charge in [-0.1, -0.05) is 0 Å². The van der Waals surface area contributed by atoms with Crippen molar-refractivity contribution in [2.75, 3.05) is 0 Å². The van der Waals surface area contributed by atoms with Crippen LogP contribution in [0.25, 0.3) is 11.0 Å². The highest BCUT2D eigenvalue weighted by atomic mass is 35.5. The minimum absolute atomic E-state index is 0.0171. The number of aromatic amines is 2. The highest BCUT2D eigenvalue weighted by Crippen LogP contribution is 2.17. The second kappa shape index (κ2) is 5.06. The van der Waals surface area contributed by atoms with E-state index in [4.69, 9.17) is 16.0 Å². The smallest absolute Gasteiger partial charge is 0.323 e. The normalized spacial score (nSPS) is 12.0. The molecule has 0 atom stereocenters. The molecule has 0 saturated heterocycles. The van der Waals surface area contributed by atoms with E-state index in [-0.39, 0.29) is 16.7 Å². The summed E-state index contributed by atoms with van der Waals surface area (Å²) in [7, 11) is -3.72. The number of furan rings is 1. The van der Waals surface area contributed by atoms with E-state index in [0.29, 0.717) is 16.8 Å². The zero-order valence-electron chi connectivity index (χ0n) is 10.5. The molecule has 110 valence electrons. The van der Waals surface area contributed by atoms with Gasteiger partial charge in [0.1, 0.15) is 5.76 Å². The Morgan fingerprint density at radius 1 is 1.14 bits per heavy atom. The van der Waals surface area contributed by atoms with Gasteiger partial charge in [0.2, 0.25) is 10.0 Å². The maximum atomic E-state index is 12.2. The molecule has 3 N–H and O–H groups in total. The van der Waals surface area contributed by atoms with Crippen LogP contribution >= 0.6 is 11.6 Å². The van der Waals surface area contributed by atoms with Crippen molar-refractivity contribution in [3.05, 3.63) is 51.8 Å². The Labute approximate surface area is 124 Å². The Hall–Kier alpha value is -2.03. The van der Waals surface area contributed by atoms with Crippen molar-refractivity contribution >= 4 is 32.7 Å².